The molecule has 0 aromatic heterocycles. The van der Waals surface area contributed by atoms with E-state index in [1.807, 2.05) is 66.7 Å². The number of Topliss-reactive ketones (excluding diaryl/α,β-unsaturated/α-hetero) is 1. The van der Waals surface area contributed by atoms with Crippen molar-refractivity contribution in [1.29, 1.82) is 0 Å². The normalized spacial score (nSPS) is 11.5. The molecule has 0 saturated carbocycles. The number of hydrogen-bond acceptors (Lipinski definition) is 2. The quantitative estimate of drug-likeness (QED) is 0.101. The van der Waals surface area contributed by atoms with Crippen molar-refractivity contribution in [1.82, 2.24) is 0 Å². The molecule has 174 valence electrons. The van der Waals surface area contributed by atoms with Gasteiger partial charge in [-0.2, -0.15) is 0 Å². The third-order valence-electron chi connectivity index (χ3n) is 5.86. The van der Waals surface area contributed by atoms with Crippen LogP contribution in [0.4, 0.5) is 0 Å². The molecule has 0 unspecified atom stereocenters. The van der Waals surface area contributed by atoms with Crippen LogP contribution in [0.3, 0.4) is 0 Å². The first-order valence-corrected chi connectivity index (χ1v) is 12.8. The van der Waals surface area contributed by atoms with Gasteiger partial charge in [0.25, 0.3) is 0 Å². The Labute approximate surface area is 196 Å². The number of hydrogen-bond donors (Lipinski definition) is 0. The Balaban J connectivity index is 1.63. The summed E-state index contributed by atoms with van der Waals surface area (Å²) in [4.78, 5) is 12.9. The summed E-state index contributed by atoms with van der Waals surface area (Å²) in [6, 6.07) is 19.3. The van der Waals surface area contributed by atoms with Crippen molar-refractivity contribution >= 4 is 11.9 Å². The van der Waals surface area contributed by atoms with Gasteiger partial charge in [0.1, 0.15) is 0 Å². The first-order valence-electron chi connectivity index (χ1n) is 12.8. The molecular weight excluding hydrogens is 392 g/mol. The molecule has 0 spiro atoms. The number of carbonyl (C=O) groups excluding carboxylic acids is 1. The molecular formula is C30H42O2. The summed E-state index contributed by atoms with van der Waals surface area (Å²) in [6.07, 6.45) is 19.1. The monoisotopic (exact) mass is 434 g/mol. The second-order valence-corrected chi connectivity index (χ2v) is 8.71. The Morgan fingerprint density at radius 1 is 0.656 bits per heavy atom. The van der Waals surface area contributed by atoms with Crippen molar-refractivity contribution in [3.63, 3.8) is 0 Å². The molecule has 32 heavy (non-hydrogen) atoms. The van der Waals surface area contributed by atoms with E-state index in [4.69, 9.17) is 4.74 Å². The highest BCUT2D eigenvalue weighted by Gasteiger charge is 2.13. The Morgan fingerprint density at radius 2 is 1.12 bits per heavy atom. The zero-order chi connectivity index (χ0) is 22.7. The molecule has 2 aromatic carbocycles. The lowest BCUT2D eigenvalue weighted by Crippen LogP contribution is -2.08. The van der Waals surface area contributed by atoms with E-state index in [0.717, 1.165) is 18.4 Å². The summed E-state index contributed by atoms with van der Waals surface area (Å²) in [7, 11) is 0. The van der Waals surface area contributed by atoms with E-state index in [9.17, 15) is 4.79 Å². The summed E-state index contributed by atoms with van der Waals surface area (Å²) < 4.78 is 5.97. The third kappa shape index (κ3) is 11.3. The van der Waals surface area contributed by atoms with Gasteiger partial charge in [0, 0.05) is 5.56 Å². The van der Waals surface area contributed by atoms with Gasteiger partial charge < -0.3 is 4.74 Å². The molecule has 2 heteroatoms. The third-order valence-corrected chi connectivity index (χ3v) is 5.86. The van der Waals surface area contributed by atoms with E-state index in [1.54, 1.807) is 0 Å². The largest absolute Gasteiger partial charge is 0.489 e. The van der Waals surface area contributed by atoms with E-state index in [-0.39, 0.29) is 5.78 Å². The summed E-state index contributed by atoms with van der Waals surface area (Å²) in [5.41, 5.74) is 1.65. The van der Waals surface area contributed by atoms with Crippen molar-refractivity contribution < 1.29 is 9.53 Å². The maximum absolute atomic E-state index is 12.9. The molecule has 0 saturated heterocycles. The van der Waals surface area contributed by atoms with E-state index >= 15 is 0 Å². The van der Waals surface area contributed by atoms with Gasteiger partial charge in [-0.3, -0.25) is 4.79 Å². The van der Waals surface area contributed by atoms with Crippen molar-refractivity contribution in [2.24, 2.45) is 0 Å². The van der Waals surface area contributed by atoms with Crippen molar-refractivity contribution in [3.8, 4) is 0 Å². The fraction of sp³-hybridized carbons (Fsp3) is 0.500. The molecule has 0 aliphatic rings. The fourth-order valence-corrected chi connectivity index (χ4v) is 3.91. The zero-order valence-electron chi connectivity index (χ0n) is 20.1. The van der Waals surface area contributed by atoms with Crippen molar-refractivity contribution in [2.45, 2.75) is 90.4 Å². The van der Waals surface area contributed by atoms with Crippen LogP contribution in [0.15, 0.2) is 66.4 Å². The molecule has 0 amide bonds. The zero-order valence-corrected chi connectivity index (χ0v) is 20.1. The number of allylic oxidation sites excluding steroid dienone is 1. The van der Waals surface area contributed by atoms with Gasteiger partial charge in [-0.05, 0) is 18.1 Å². The Morgan fingerprint density at radius 3 is 1.66 bits per heavy atom. The summed E-state index contributed by atoms with van der Waals surface area (Å²) >= 11 is 0. The van der Waals surface area contributed by atoms with E-state index in [1.165, 1.54) is 70.6 Å². The van der Waals surface area contributed by atoms with Crippen molar-refractivity contribution in [3.05, 3.63) is 77.5 Å². The lowest BCUT2D eigenvalue weighted by Gasteiger charge is -2.10. The standard InChI is InChI=1S/C30H42O2/c1-2-3-4-5-6-7-8-9-10-11-12-13-20-25-32-29(26-27-21-16-14-17-22-27)30(31)28-23-18-15-19-24-28/h14-19,21-24,26H,2-13,20,25H2,1H3. The topological polar surface area (TPSA) is 26.3 Å². The molecule has 0 fully saturated rings. The highest BCUT2D eigenvalue weighted by Crippen LogP contribution is 2.16. The predicted molar refractivity (Wildman–Crippen MR) is 137 cm³/mol. The molecule has 0 heterocycles. The van der Waals surface area contributed by atoms with Crippen LogP contribution in [0.2, 0.25) is 0 Å². The molecule has 0 N–H and O–H groups in total. The van der Waals surface area contributed by atoms with Crippen LogP contribution in [-0.2, 0) is 4.74 Å². The van der Waals surface area contributed by atoms with Crippen LogP contribution in [0.5, 0.6) is 0 Å². The summed E-state index contributed by atoms with van der Waals surface area (Å²) in [6.45, 7) is 2.87. The van der Waals surface area contributed by atoms with Gasteiger partial charge in [0.15, 0.2) is 5.76 Å². The number of ketones is 1. The number of unbranched alkanes of at least 4 members (excludes halogenated alkanes) is 12. The predicted octanol–water partition coefficient (Wildman–Crippen LogP) is 9.02. The summed E-state index contributed by atoms with van der Waals surface area (Å²) in [5.74, 6) is 0.380. The van der Waals surface area contributed by atoms with Crippen LogP contribution in [0, 0.1) is 0 Å². The minimum absolute atomic E-state index is 0.0517. The second kappa shape index (κ2) is 17.2. The van der Waals surface area contributed by atoms with Gasteiger partial charge in [-0.15, -0.1) is 0 Å². The molecule has 0 aliphatic carbocycles. The molecule has 0 atom stereocenters. The average molecular weight is 435 g/mol. The van der Waals surface area contributed by atoms with Gasteiger partial charge in [-0.25, -0.2) is 0 Å². The number of ether oxygens (including phenoxy) is 1. The fourth-order valence-electron chi connectivity index (χ4n) is 3.91. The second-order valence-electron chi connectivity index (χ2n) is 8.71. The first-order chi connectivity index (χ1) is 15.8. The first kappa shape index (κ1) is 25.9. The Bertz CT molecular complexity index is 749. The molecule has 0 radical (unpaired) electrons. The van der Waals surface area contributed by atoms with Gasteiger partial charge >= 0.3 is 0 Å². The molecule has 2 rings (SSSR count). The number of benzene rings is 2. The van der Waals surface area contributed by atoms with Crippen LogP contribution in [0.1, 0.15) is 106 Å². The highest BCUT2D eigenvalue weighted by molar-refractivity contribution is 6.09. The van der Waals surface area contributed by atoms with Gasteiger partial charge in [0.2, 0.25) is 5.78 Å². The molecule has 0 bridgehead atoms. The smallest absolute Gasteiger partial charge is 0.227 e. The maximum atomic E-state index is 12.9. The Hall–Kier alpha value is -2.35. The van der Waals surface area contributed by atoms with Crippen LogP contribution < -0.4 is 0 Å². The minimum atomic E-state index is -0.0517. The Kier molecular flexibility index (Phi) is 14.0. The molecule has 0 aliphatic heterocycles. The lowest BCUT2D eigenvalue weighted by atomic mass is 10.0. The van der Waals surface area contributed by atoms with E-state index < -0.39 is 0 Å². The van der Waals surface area contributed by atoms with E-state index in [0.29, 0.717) is 17.9 Å². The van der Waals surface area contributed by atoms with E-state index in [2.05, 4.69) is 6.92 Å². The maximum Gasteiger partial charge on any atom is 0.227 e. The molecule has 2 nitrogen and oxygen atoms in total. The average Bonchev–Trinajstić information content (AvgIpc) is 2.84. The molecule has 2 aromatic rings. The number of carbonyl (C=O) groups is 1. The van der Waals surface area contributed by atoms with Gasteiger partial charge in [-0.1, -0.05) is 145 Å². The van der Waals surface area contributed by atoms with Gasteiger partial charge in [0.05, 0.1) is 6.61 Å². The highest BCUT2D eigenvalue weighted by atomic mass is 16.5. The lowest BCUT2D eigenvalue weighted by molar-refractivity contribution is 0.0919. The van der Waals surface area contributed by atoms with Crippen molar-refractivity contribution in [2.75, 3.05) is 6.61 Å². The van der Waals surface area contributed by atoms with Crippen LogP contribution in [-0.4, -0.2) is 12.4 Å². The summed E-state index contributed by atoms with van der Waals surface area (Å²) in [5, 5.41) is 0. The number of rotatable bonds is 18. The van der Waals surface area contributed by atoms with Crippen LogP contribution in [0.25, 0.3) is 6.08 Å². The SMILES string of the molecule is CCCCCCCCCCCCCCCOC(=Cc1ccccc1)C(=O)c1ccccc1. The van der Waals surface area contributed by atoms with Crippen LogP contribution >= 0.6 is 0 Å². The minimum Gasteiger partial charge on any atom is -0.489 e.